The number of aromatic nitrogens is 1. The molecule has 142 valence electrons. The molecule has 2 amide bonds. The number of allylic oxidation sites excluding steroid dienone is 2. The SMILES string of the molecule is O=C(CC1=CC(NS(=O)(=O)CCN2C(=O)CCC2=O)C=C1)c1ccccn1. The lowest BCUT2D eigenvalue weighted by Crippen LogP contribution is -2.39. The molecule has 0 spiro atoms. The number of nitrogens with zero attached hydrogens (tertiary/aromatic N) is 2. The molecule has 1 atom stereocenters. The number of hydrogen-bond acceptors (Lipinski definition) is 6. The third-order valence-electron chi connectivity index (χ3n) is 4.28. The Bertz CT molecular complexity index is 906. The molecule has 1 N–H and O–H groups in total. The first-order valence-corrected chi connectivity index (χ1v) is 10.2. The molecule has 1 aliphatic heterocycles. The number of sulfonamides is 1. The first kappa shape index (κ1) is 19.1. The van der Waals surface area contributed by atoms with Crippen LogP contribution in [0.1, 0.15) is 29.8 Å². The Labute approximate surface area is 157 Å². The van der Waals surface area contributed by atoms with Crippen LogP contribution in [0.2, 0.25) is 0 Å². The number of Topliss-reactive ketones (excluding diaryl/α,β-unsaturated/α-hetero) is 1. The van der Waals surface area contributed by atoms with Crippen molar-refractivity contribution in [2.45, 2.75) is 25.3 Å². The van der Waals surface area contributed by atoms with E-state index in [0.29, 0.717) is 11.3 Å². The summed E-state index contributed by atoms with van der Waals surface area (Å²) in [5.74, 6) is -1.19. The molecule has 1 aliphatic carbocycles. The maximum atomic E-state index is 12.2. The number of pyridine rings is 1. The summed E-state index contributed by atoms with van der Waals surface area (Å²) in [6.07, 6.45) is 6.93. The van der Waals surface area contributed by atoms with Crippen LogP contribution in [0, 0.1) is 0 Å². The smallest absolute Gasteiger partial charge is 0.229 e. The summed E-state index contributed by atoms with van der Waals surface area (Å²) in [6.45, 7) is -0.155. The molecule has 0 aromatic carbocycles. The van der Waals surface area contributed by atoms with Gasteiger partial charge in [0.2, 0.25) is 21.8 Å². The number of ketones is 1. The van der Waals surface area contributed by atoms with Crippen LogP contribution in [0.4, 0.5) is 0 Å². The highest BCUT2D eigenvalue weighted by Gasteiger charge is 2.30. The third kappa shape index (κ3) is 4.95. The van der Waals surface area contributed by atoms with Crippen LogP contribution in [0.25, 0.3) is 0 Å². The van der Waals surface area contributed by atoms with Crippen LogP contribution in [-0.4, -0.2) is 54.2 Å². The number of hydrogen-bond donors (Lipinski definition) is 1. The predicted molar refractivity (Wildman–Crippen MR) is 97.1 cm³/mol. The van der Waals surface area contributed by atoms with Crippen molar-refractivity contribution in [3.8, 4) is 0 Å². The maximum Gasteiger partial charge on any atom is 0.229 e. The molecule has 3 rings (SSSR count). The van der Waals surface area contributed by atoms with Crippen molar-refractivity contribution >= 4 is 27.6 Å². The molecule has 1 aromatic rings. The Hall–Kier alpha value is -2.65. The number of imide groups is 1. The lowest BCUT2D eigenvalue weighted by atomic mass is 10.1. The van der Waals surface area contributed by atoms with E-state index in [0.717, 1.165) is 4.90 Å². The van der Waals surface area contributed by atoms with Gasteiger partial charge in [-0.3, -0.25) is 24.3 Å². The fourth-order valence-electron chi connectivity index (χ4n) is 2.91. The minimum Gasteiger partial charge on any atom is -0.292 e. The van der Waals surface area contributed by atoms with Crippen LogP contribution in [0.15, 0.2) is 48.2 Å². The molecule has 0 radical (unpaired) electrons. The van der Waals surface area contributed by atoms with Gasteiger partial charge in [0.15, 0.2) is 5.78 Å². The average molecular weight is 389 g/mol. The van der Waals surface area contributed by atoms with Crippen molar-refractivity contribution in [1.29, 1.82) is 0 Å². The fraction of sp³-hybridized carbons (Fsp3) is 0.333. The second kappa shape index (κ2) is 7.93. The topological polar surface area (TPSA) is 114 Å². The van der Waals surface area contributed by atoms with Gasteiger partial charge < -0.3 is 0 Å². The Kier molecular flexibility index (Phi) is 5.62. The molecule has 2 aliphatic rings. The van der Waals surface area contributed by atoms with E-state index in [1.807, 2.05) is 0 Å². The molecule has 1 saturated heterocycles. The lowest BCUT2D eigenvalue weighted by molar-refractivity contribution is -0.137. The van der Waals surface area contributed by atoms with Crippen molar-refractivity contribution < 1.29 is 22.8 Å². The van der Waals surface area contributed by atoms with Crippen LogP contribution in [-0.2, 0) is 19.6 Å². The Morgan fingerprint density at radius 1 is 1.22 bits per heavy atom. The summed E-state index contributed by atoms with van der Waals surface area (Å²) in [7, 11) is -3.69. The maximum absolute atomic E-state index is 12.2. The quantitative estimate of drug-likeness (QED) is 0.514. The molecule has 27 heavy (non-hydrogen) atoms. The van der Waals surface area contributed by atoms with E-state index in [1.165, 1.54) is 0 Å². The Balaban J connectivity index is 1.53. The highest BCUT2D eigenvalue weighted by Crippen LogP contribution is 2.17. The minimum absolute atomic E-state index is 0.128. The van der Waals surface area contributed by atoms with Gasteiger partial charge in [0.05, 0.1) is 11.8 Å². The van der Waals surface area contributed by atoms with Crippen LogP contribution < -0.4 is 4.72 Å². The normalized spacial score (nSPS) is 19.6. The zero-order valence-electron chi connectivity index (χ0n) is 14.5. The van der Waals surface area contributed by atoms with Gasteiger partial charge in [-0.05, 0) is 17.7 Å². The number of carbonyl (C=O) groups is 3. The predicted octanol–water partition coefficient (Wildman–Crippen LogP) is 0.588. The highest BCUT2D eigenvalue weighted by atomic mass is 32.2. The van der Waals surface area contributed by atoms with Gasteiger partial charge in [-0.1, -0.05) is 24.3 Å². The summed E-state index contributed by atoms with van der Waals surface area (Å²) < 4.78 is 26.9. The van der Waals surface area contributed by atoms with Gasteiger partial charge in [-0.15, -0.1) is 0 Å². The van der Waals surface area contributed by atoms with Crippen molar-refractivity contribution in [3.63, 3.8) is 0 Å². The zero-order chi connectivity index (χ0) is 19.4. The summed E-state index contributed by atoms with van der Waals surface area (Å²) >= 11 is 0. The van der Waals surface area contributed by atoms with Crippen molar-refractivity contribution in [2.24, 2.45) is 0 Å². The molecule has 0 saturated carbocycles. The fourth-order valence-corrected chi connectivity index (χ4v) is 4.02. The van der Waals surface area contributed by atoms with Crippen molar-refractivity contribution in [3.05, 3.63) is 53.9 Å². The molecule has 0 bridgehead atoms. The molecular weight excluding hydrogens is 370 g/mol. The molecule has 2 heterocycles. The first-order valence-electron chi connectivity index (χ1n) is 8.50. The van der Waals surface area contributed by atoms with Gasteiger partial charge >= 0.3 is 0 Å². The molecule has 9 heteroatoms. The second-order valence-corrected chi connectivity index (χ2v) is 8.19. The molecule has 1 aromatic heterocycles. The molecule has 1 unspecified atom stereocenters. The first-order chi connectivity index (χ1) is 12.8. The molecule has 1 fully saturated rings. The van der Waals surface area contributed by atoms with Gasteiger partial charge in [0.1, 0.15) is 5.69 Å². The largest absolute Gasteiger partial charge is 0.292 e. The van der Waals surface area contributed by atoms with E-state index in [9.17, 15) is 22.8 Å². The Morgan fingerprint density at radius 2 is 1.96 bits per heavy atom. The molecular formula is C18H19N3O5S. The van der Waals surface area contributed by atoms with Crippen LogP contribution >= 0.6 is 0 Å². The number of carbonyl (C=O) groups excluding carboxylic acids is 3. The van der Waals surface area contributed by atoms with Crippen molar-refractivity contribution in [2.75, 3.05) is 12.3 Å². The second-order valence-electron chi connectivity index (χ2n) is 6.32. The van der Waals surface area contributed by atoms with Crippen LogP contribution in [0.5, 0.6) is 0 Å². The third-order valence-corrected chi connectivity index (χ3v) is 5.63. The molecule has 8 nitrogen and oxygen atoms in total. The number of nitrogens with one attached hydrogen (secondary N) is 1. The van der Waals surface area contributed by atoms with Gasteiger partial charge in [0.25, 0.3) is 0 Å². The van der Waals surface area contributed by atoms with Crippen LogP contribution in [0.3, 0.4) is 0 Å². The minimum atomic E-state index is -3.69. The summed E-state index contributed by atoms with van der Waals surface area (Å²) in [6, 6.07) is 4.51. The average Bonchev–Trinajstić information content (AvgIpc) is 3.19. The van der Waals surface area contributed by atoms with E-state index >= 15 is 0 Å². The van der Waals surface area contributed by atoms with E-state index in [4.69, 9.17) is 0 Å². The number of rotatable bonds is 8. The summed E-state index contributed by atoms with van der Waals surface area (Å²) in [4.78, 5) is 40.2. The van der Waals surface area contributed by atoms with Gasteiger partial charge in [0, 0.05) is 32.0 Å². The standard InChI is InChI=1S/C18H19N3O5S/c22-16(15-3-1-2-8-19-15)12-13-4-5-14(11-13)20-27(25,26)10-9-21-17(23)6-7-18(21)24/h1-5,8,11,14,20H,6-7,9-10,12H2. The van der Waals surface area contributed by atoms with E-state index in [1.54, 1.807) is 42.6 Å². The number of likely N-dealkylation sites (tertiary alicyclic amines) is 1. The van der Waals surface area contributed by atoms with E-state index in [-0.39, 0.29) is 49.2 Å². The zero-order valence-corrected chi connectivity index (χ0v) is 15.3. The summed E-state index contributed by atoms with van der Waals surface area (Å²) in [5, 5.41) is 0. The lowest BCUT2D eigenvalue weighted by Gasteiger charge is -2.15. The van der Waals surface area contributed by atoms with Gasteiger partial charge in [-0.25, -0.2) is 13.1 Å². The highest BCUT2D eigenvalue weighted by molar-refractivity contribution is 7.89. The number of amides is 2. The van der Waals surface area contributed by atoms with Gasteiger partial charge in [-0.2, -0.15) is 0 Å². The Morgan fingerprint density at radius 3 is 2.63 bits per heavy atom. The monoisotopic (exact) mass is 389 g/mol. The summed E-state index contributed by atoms with van der Waals surface area (Å²) in [5.41, 5.74) is 1.05. The van der Waals surface area contributed by atoms with E-state index in [2.05, 4.69) is 9.71 Å². The van der Waals surface area contributed by atoms with E-state index < -0.39 is 16.1 Å². The van der Waals surface area contributed by atoms with Crippen molar-refractivity contribution in [1.82, 2.24) is 14.6 Å².